The average molecular weight is 222 g/mol. The van der Waals surface area contributed by atoms with Gasteiger partial charge in [0.25, 0.3) is 0 Å². The first kappa shape index (κ1) is 10.0. The number of aromatic nitrogens is 2. The zero-order valence-corrected chi connectivity index (χ0v) is 9.66. The Morgan fingerprint density at radius 3 is 2.93 bits per heavy atom. The SMILES string of the molecule is CN(Cc1cccs1)c1nn(C)cc1N. The maximum absolute atomic E-state index is 5.85. The lowest BCUT2D eigenvalue weighted by molar-refractivity contribution is 0.753. The molecule has 0 bridgehead atoms. The molecule has 4 nitrogen and oxygen atoms in total. The first-order valence-electron chi connectivity index (χ1n) is 4.69. The van der Waals surface area contributed by atoms with Crippen LogP contribution in [0, 0.1) is 0 Å². The highest BCUT2D eigenvalue weighted by atomic mass is 32.1. The molecule has 15 heavy (non-hydrogen) atoms. The van der Waals surface area contributed by atoms with E-state index in [1.54, 1.807) is 16.0 Å². The highest BCUT2D eigenvalue weighted by Gasteiger charge is 2.10. The van der Waals surface area contributed by atoms with E-state index in [2.05, 4.69) is 27.5 Å². The Hall–Kier alpha value is -1.49. The van der Waals surface area contributed by atoms with Crippen molar-refractivity contribution in [3.63, 3.8) is 0 Å². The van der Waals surface area contributed by atoms with Crippen molar-refractivity contribution < 1.29 is 0 Å². The van der Waals surface area contributed by atoms with Gasteiger partial charge in [0.05, 0.1) is 12.2 Å². The minimum Gasteiger partial charge on any atom is -0.394 e. The number of nitrogen functional groups attached to an aromatic ring is 1. The Kier molecular flexibility index (Phi) is 2.64. The van der Waals surface area contributed by atoms with Crippen LogP contribution in [0.15, 0.2) is 23.7 Å². The zero-order chi connectivity index (χ0) is 10.8. The Bertz CT molecular complexity index is 432. The molecule has 0 atom stereocenters. The summed E-state index contributed by atoms with van der Waals surface area (Å²) in [4.78, 5) is 3.36. The Balaban J connectivity index is 2.14. The van der Waals surface area contributed by atoms with E-state index in [1.807, 2.05) is 20.3 Å². The number of thiophene rings is 1. The fraction of sp³-hybridized carbons (Fsp3) is 0.300. The van der Waals surface area contributed by atoms with Gasteiger partial charge < -0.3 is 10.6 Å². The zero-order valence-electron chi connectivity index (χ0n) is 8.84. The summed E-state index contributed by atoms with van der Waals surface area (Å²) in [6.45, 7) is 0.846. The van der Waals surface area contributed by atoms with Crippen molar-refractivity contribution in [2.45, 2.75) is 6.54 Å². The molecule has 0 saturated carbocycles. The van der Waals surface area contributed by atoms with Crippen molar-refractivity contribution in [1.29, 1.82) is 0 Å². The van der Waals surface area contributed by atoms with Crippen LogP contribution in [0.4, 0.5) is 11.5 Å². The van der Waals surface area contributed by atoms with Gasteiger partial charge in [-0.05, 0) is 11.4 Å². The Labute approximate surface area is 92.9 Å². The lowest BCUT2D eigenvalue weighted by atomic mass is 10.4. The molecular weight excluding hydrogens is 208 g/mol. The molecule has 0 aliphatic carbocycles. The van der Waals surface area contributed by atoms with Crippen LogP contribution < -0.4 is 10.6 Å². The molecule has 0 amide bonds. The molecule has 0 aliphatic rings. The van der Waals surface area contributed by atoms with E-state index in [0.717, 1.165) is 18.1 Å². The number of hydrogen-bond donors (Lipinski definition) is 1. The molecule has 2 heterocycles. The first-order chi connectivity index (χ1) is 7.16. The summed E-state index contributed by atoms with van der Waals surface area (Å²) < 4.78 is 1.73. The molecule has 2 aromatic heterocycles. The van der Waals surface area contributed by atoms with Gasteiger partial charge in [0.2, 0.25) is 0 Å². The third-order valence-electron chi connectivity index (χ3n) is 2.17. The average Bonchev–Trinajstić information content (AvgIpc) is 2.75. The fourth-order valence-electron chi connectivity index (χ4n) is 1.50. The number of rotatable bonds is 3. The molecule has 0 spiro atoms. The molecular formula is C10H14N4S. The van der Waals surface area contributed by atoms with E-state index in [-0.39, 0.29) is 0 Å². The van der Waals surface area contributed by atoms with Gasteiger partial charge in [-0.15, -0.1) is 11.3 Å². The summed E-state index contributed by atoms with van der Waals surface area (Å²) in [5.41, 5.74) is 6.57. The molecule has 0 fully saturated rings. The third kappa shape index (κ3) is 2.12. The van der Waals surface area contributed by atoms with Gasteiger partial charge in [0, 0.05) is 25.2 Å². The van der Waals surface area contributed by atoms with E-state index < -0.39 is 0 Å². The minimum absolute atomic E-state index is 0.719. The number of nitrogens with zero attached hydrogens (tertiary/aromatic N) is 3. The lowest BCUT2D eigenvalue weighted by Gasteiger charge is -2.15. The van der Waals surface area contributed by atoms with Gasteiger partial charge in [-0.1, -0.05) is 6.07 Å². The van der Waals surface area contributed by atoms with Crippen LogP contribution in [-0.4, -0.2) is 16.8 Å². The largest absolute Gasteiger partial charge is 0.394 e. The van der Waals surface area contributed by atoms with Crippen LogP contribution in [0.5, 0.6) is 0 Å². The minimum atomic E-state index is 0.719. The van der Waals surface area contributed by atoms with Crippen molar-refractivity contribution >= 4 is 22.8 Å². The maximum Gasteiger partial charge on any atom is 0.173 e. The quantitative estimate of drug-likeness (QED) is 0.860. The molecule has 0 radical (unpaired) electrons. The number of anilines is 2. The standard InChI is InChI=1S/C10H14N4S/c1-13(6-8-4-3-5-15-8)10-9(11)7-14(2)12-10/h3-5,7H,6,11H2,1-2H3. The maximum atomic E-state index is 5.85. The van der Waals surface area contributed by atoms with Gasteiger partial charge >= 0.3 is 0 Å². The van der Waals surface area contributed by atoms with Crippen LogP contribution in [-0.2, 0) is 13.6 Å². The number of nitrogens with two attached hydrogens (primary N) is 1. The van der Waals surface area contributed by atoms with Crippen molar-refractivity contribution in [2.75, 3.05) is 17.7 Å². The number of aryl methyl sites for hydroxylation is 1. The fourth-order valence-corrected chi connectivity index (χ4v) is 2.26. The highest BCUT2D eigenvalue weighted by Crippen LogP contribution is 2.21. The second-order valence-electron chi connectivity index (χ2n) is 3.52. The van der Waals surface area contributed by atoms with Gasteiger partial charge in [-0.2, -0.15) is 5.10 Å². The smallest absolute Gasteiger partial charge is 0.173 e. The molecule has 80 valence electrons. The topological polar surface area (TPSA) is 47.1 Å². The highest BCUT2D eigenvalue weighted by molar-refractivity contribution is 7.09. The first-order valence-corrected chi connectivity index (χ1v) is 5.57. The summed E-state index contributed by atoms with van der Waals surface area (Å²) in [5.74, 6) is 0.839. The predicted molar refractivity (Wildman–Crippen MR) is 64.0 cm³/mol. The summed E-state index contributed by atoms with van der Waals surface area (Å²) in [7, 11) is 3.87. The summed E-state index contributed by atoms with van der Waals surface area (Å²) in [5, 5.41) is 6.39. The normalized spacial score (nSPS) is 10.5. The monoisotopic (exact) mass is 222 g/mol. The molecule has 0 aromatic carbocycles. The van der Waals surface area contributed by atoms with Crippen molar-refractivity contribution in [2.24, 2.45) is 7.05 Å². The molecule has 5 heteroatoms. The van der Waals surface area contributed by atoms with Crippen molar-refractivity contribution in [3.8, 4) is 0 Å². The second kappa shape index (κ2) is 3.94. The molecule has 0 aliphatic heterocycles. The third-order valence-corrected chi connectivity index (χ3v) is 3.03. The van der Waals surface area contributed by atoms with Gasteiger partial charge in [0.15, 0.2) is 5.82 Å². The van der Waals surface area contributed by atoms with Crippen molar-refractivity contribution in [3.05, 3.63) is 28.6 Å². The predicted octanol–water partition coefficient (Wildman–Crippen LogP) is 1.70. The second-order valence-corrected chi connectivity index (χ2v) is 4.55. The summed E-state index contributed by atoms with van der Waals surface area (Å²) >= 11 is 1.74. The van der Waals surface area contributed by atoms with Gasteiger partial charge in [0.1, 0.15) is 0 Å². The van der Waals surface area contributed by atoms with Crippen LogP contribution in [0.3, 0.4) is 0 Å². The van der Waals surface area contributed by atoms with E-state index in [0.29, 0.717) is 0 Å². The van der Waals surface area contributed by atoms with E-state index >= 15 is 0 Å². The summed E-state index contributed by atoms with van der Waals surface area (Å²) in [6.07, 6.45) is 1.82. The Morgan fingerprint density at radius 1 is 1.60 bits per heavy atom. The molecule has 2 N–H and O–H groups in total. The Morgan fingerprint density at radius 2 is 2.40 bits per heavy atom. The van der Waals surface area contributed by atoms with E-state index in [4.69, 9.17) is 5.73 Å². The van der Waals surface area contributed by atoms with Crippen LogP contribution in [0.25, 0.3) is 0 Å². The van der Waals surface area contributed by atoms with Gasteiger partial charge in [-0.3, -0.25) is 4.68 Å². The van der Waals surface area contributed by atoms with E-state index in [1.165, 1.54) is 4.88 Å². The van der Waals surface area contributed by atoms with Crippen LogP contribution >= 0.6 is 11.3 Å². The lowest BCUT2D eigenvalue weighted by Crippen LogP contribution is -2.17. The number of hydrogen-bond acceptors (Lipinski definition) is 4. The molecule has 0 unspecified atom stereocenters. The summed E-state index contributed by atoms with van der Waals surface area (Å²) in [6, 6.07) is 4.16. The molecule has 2 rings (SSSR count). The molecule has 0 saturated heterocycles. The van der Waals surface area contributed by atoms with Crippen molar-refractivity contribution in [1.82, 2.24) is 9.78 Å². The van der Waals surface area contributed by atoms with E-state index in [9.17, 15) is 0 Å². The van der Waals surface area contributed by atoms with Gasteiger partial charge in [-0.25, -0.2) is 0 Å². The molecule has 2 aromatic rings. The van der Waals surface area contributed by atoms with Crippen LogP contribution in [0.1, 0.15) is 4.88 Å². The van der Waals surface area contributed by atoms with Crippen LogP contribution in [0.2, 0.25) is 0 Å².